The van der Waals surface area contributed by atoms with Crippen molar-refractivity contribution in [1.29, 1.82) is 0 Å². The first kappa shape index (κ1) is 13.7. The number of thiophene rings is 1. The van der Waals surface area contributed by atoms with Crippen LogP contribution < -0.4 is 0 Å². The van der Waals surface area contributed by atoms with Gasteiger partial charge >= 0.3 is 5.97 Å². The van der Waals surface area contributed by atoms with Gasteiger partial charge in [0.1, 0.15) is 5.82 Å². The van der Waals surface area contributed by atoms with Gasteiger partial charge in [-0.1, -0.05) is 12.1 Å². The fourth-order valence-corrected chi connectivity index (χ4v) is 2.93. The quantitative estimate of drug-likeness (QED) is 0.920. The number of carbonyl (C=O) groups is 1. The van der Waals surface area contributed by atoms with Gasteiger partial charge < -0.3 is 5.11 Å². The van der Waals surface area contributed by atoms with Gasteiger partial charge in [-0.15, -0.1) is 11.3 Å². The average molecular weight is 278 g/mol. The van der Waals surface area contributed by atoms with Crippen LogP contribution in [-0.2, 0) is 11.2 Å². The van der Waals surface area contributed by atoms with E-state index in [1.807, 2.05) is 18.4 Å². The van der Waals surface area contributed by atoms with Gasteiger partial charge in [-0.2, -0.15) is 0 Å². The van der Waals surface area contributed by atoms with E-state index in [0.717, 1.165) is 10.4 Å². The molecule has 0 saturated heterocycles. The number of halogens is 1. The Morgan fingerprint density at radius 1 is 1.32 bits per heavy atom. The highest BCUT2D eigenvalue weighted by molar-refractivity contribution is 7.10. The van der Waals surface area contributed by atoms with E-state index in [0.29, 0.717) is 17.5 Å². The van der Waals surface area contributed by atoms with Crippen molar-refractivity contribution < 1.29 is 14.3 Å². The Bertz CT molecular complexity index is 604. The summed E-state index contributed by atoms with van der Waals surface area (Å²) in [6.45, 7) is 3.62. The Balaban J connectivity index is 2.32. The van der Waals surface area contributed by atoms with Crippen LogP contribution in [-0.4, -0.2) is 11.1 Å². The first-order valence-electron chi connectivity index (χ1n) is 6.01. The Morgan fingerprint density at radius 3 is 2.58 bits per heavy atom. The molecule has 19 heavy (non-hydrogen) atoms. The summed E-state index contributed by atoms with van der Waals surface area (Å²) >= 11 is 1.54. The predicted octanol–water partition coefficient (Wildman–Crippen LogP) is 3.91. The van der Waals surface area contributed by atoms with Crippen molar-refractivity contribution in [2.24, 2.45) is 0 Å². The summed E-state index contributed by atoms with van der Waals surface area (Å²) in [6.07, 6.45) is 0.404. The van der Waals surface area contributed by atoms with Crippen LogP contribution in [0.25, 0.3) is 0 Å². The van der Waals surface area contributed by atoms with Gasteiger partial charge in [-0.25, -0.2) is 4.39 Å². The molecule has 2 rings (SSSR count). The number of benzene rings is 1. The van der Waals surface area contributed by atoms with Crippen molar-refractivity contribution in [1.82, 2.24) is 0 Å². The zero-order chi connectivity index (χ0) is 14.0. The van der Waals surface area contributed by atoms with E-state index in [9.17, 15) is 14.3 Å². The molecular weight excluding hydrogens is 263 g/mol. The lowest BCUT2D eigenvalue weighted by Gasteiger charge is -2.13. The van der Waals surface area contributed by atoms with Crippen LogP contribution in [0.15, 0.2) is 29.6 Å². The van der Waals surface area contributed by atoms with E-state index in [-0.39, 0.29) is 5.82 Å². The second-order valence-electron chi connectivity index (χ2n) is 4.63. The third-order valence-electron chi connectivity index (χ3n) is 3.25. The lowest BCUT2D eigenvalue weighted by atomic mass is 9.93. The molecule has 1 N–H and O–H groups in total. The van der Waals surface area contributed by atoms with Crippen LogP contribution >= 0.6 is 11.3 Å². The van der Waals surface area contributed by atoms with Gasteiger partial charge in [0.2, 0.25) is 0 Å². The fourth-order valence-electron chi connectivity index (χ4n) is 1.97. The minimum atomic E-state index is -0.920. The molecule has 0 fully saturated rings. The zero-order valence-electron chi connectivity index (χ0n) is 10.8. The van der Waals surface area contributed by atoms with E-state index in [4.69, 9.17) is 0 Å². The highest BCUT2D eigenvalue weighted by atomic mass is 32.1. The molecule has 2 nitrogen and oxygen atoms in total. The predicted molar refractivity (Wildman–Crippen MR) is 74.3 cm³/mol. The largest absolute Gasteiger partial charge is 0.481 e. The van der Waals surface area contributed by atoms with Crippen molar-refractivity contribution in [2.75, 3.05) is 0 Å². The van der Waals surface area contributed by atoms with Crippen molar-refractivity contribution in [2.45, 2.75) is 26.2 Å². The van der Waals surface area contributed by atoms with E-state index < -0.39 is 11.9 Å². The Hall–Kier alpha value is -1.68. The normalized spacial score (nSPS) is 12.4. The first-order valence-corrected chi connectivity index (χ1v) is 6.89. The van der Waals surface area contributed by atoms with Crippen LogP contribution in [0.4, 0.5) is 4.39 Å². The van der Waals surface area contributed by atoms with Gasteiger partial charge in [0, 0.05) is 4.88 Å². The average Bonchev–Trinajstić information content (AvgIpc) is 2.75. The standard InChI is InChI=1S/C15H15FO2S/c1-9-3-4-11(7-13(9)16)12(15(17)18)8-14-10(2)5-6-19-14/h3-7,12H,8H2,1-2H3,(H,17,18). The van der Waals surface area contributed by atoms with Gasteiger partial charge in [-0.05, 0) is 54.5 Å². The van der Waals surface area contributed by atoms with E-state index >= 15 is 0 Å². The van der Waals surface area contributed by atoms with Crippen molar-refractivity contribution in [3.63, 3.8) is 0 Å². The molecule has 1 heterocycles. The van der Waals surface area contributed by atoms with Gasteiger partial charge in [-0.3, -0.25) is 4.79 Å². The summed E-state index contributed by atoms with van der Waals surface area (Å²) < 4.78 is 13.6. The van der Waals surface area contributed by atoms with Crippen molar-refractivity contribution in [3.8, 4) is 0 Å². The maximum atomic E-state index is 13.6. The third-order valence-corrected chi connectivity index (χ3v) is 4.30. The van der Waals surface area contributed by atoms with Crippen molar-refractivity contribution >= 4 is 17.3 Å². The lowest BCUT2D eigenvalue weighted by Crippen LogP contribution is -2.14. The number of aliphatic carboxylic acids is 1. The first-order chi connectivity index (χ1) is 8.99. The minimum absolute atomic E-state index is 0.355. The number of hydrogen-bond acceptors (Lipinski definition) is 2. The highest BCUT2D eigenvalue weighted by Crippen LogP contribution is 2.27. The molecule has 0 radical (unpaired) electrons. The second-order valence-corrected chi connectivity index (χ2v) is 5.63. The summed E-state index contributed by atoms with van der Waals surface area (Å²) in [4.78, 5) is 12.5. The van der Waals surface area contributed by atoms with E-state index in [1.54, 1.807) is 30.4 Å². The Labute approximate surface area is 115 Å². The monoisotopic (exact) mass is 278 g/mol. The summed E-state index contributed by atoms with van der Waals surface area (Å²) in [6, 6.07) is 6.62. The molecule has 1 unspecified atom stereocenters. The van der Waals surface area contributed by atoms with Crippen LogP contribution in [0.3, 0.4) is 0 Å². The molecule has 100 valence electrons. The van der Waals surface area contributed by atoms with Crippen molar-refractivity contribution in [3.05, 3.63) is 57.0 Å². The molecular formula is C15H15FO2S. The smallest absolute Gasteiger partial charge is 0.311 e. The number of carboxylic acids is 1. The topological polar surface area (TPSA) is 37.3 Å². The molecule has 0 amide bonds. The second kappa shape index (κ2) is 5.53. The molecule has 0 aliphatic rings. The molecule has 0 spiro atoms. The number of hydrogen-bond donors (Lipinski definition) is 1. The van der Waals surface area contributed by atoms with Crippen LogP contribution in [0, 0.1) is 19.7 Å². The van der Waals surface area contributed by atoms with Crippen LogP contribution in [0.5, 0.6) is 0 Å². The maximum absolute atomic E-state index is 13.6. The molecule has 1 aromatic carbocycles. The summed E-state index contributed by atoms with van der Waals surface area (Å²) in [7, 11) is 0. The lowest BCUT2D eigenvalue weighted by molar-refractivity contribution is -0.138. The van der Waals surface area contributed by atoms with Gasteiger partial charge in [0.25, 0.3) is 0 Å². The molecule has 0 aliphatic heterocycles. The number of rotatable bonds is 4. The molecule has 1 atom stereocenters. The Morgan fingerprint density at radius 2 is 2.05 bits per heavy atom. The van der Waals surface area contributed by atoms with Crippen LogP contribution in [0.2, 0.25) is 0 Å². The zero-order valence-corrected chi connectivity index (χ0v) is 11.6. The molecule has 1 aromatic heterocycles. The fraction of sp³-hybridized carbons (Fsp3) is 0.267. The Kier molecular flexibility index (Phi) is 4.00. The van der Waals surface area contributed by atoms with Gasteiger partial charge in [0.05, 0.1) is 5.92 Å². The molecule has 0 bridgehead atoms. The SMILES string of the molecule is Cc1ccc(C(Cc2sccc2C)C(=O)O)cc1F. The van der Waals surface area contributed by atoms with E-state index in [2.05, 4.69) is 0 Å². The molecule has 2 aromatic rings. The van der Waals surface area contributed by atoms with E-state index in [1.165, 1.54) is 6.07 Å². The third kappa shape index (κ3) is 3.01. The summed E-state index contributed by atoms with van der Waals surface area (Å²) in [5.41, 5.74) is 2.13. The molecule has 4 heteroatoms. The number of carboxylic acid groups (broad SMARTS) is 1. The molecule has 0 saturated carbocycles. The molecule has 0 aliphatic carbocycles. The van der Waals surface area contributed by atoms with Gasteiger partial charge in [0.15, 0.2) is 0 Å². The highest BCUT2D eigenvalue weighted by Gasteiger charge is 2.22. The number of aryl methyl sites for hydroxylation is 2. The van der Waals surface area contributed by atoms with Crippen LogP contribution in [0.1, 0.15) is 27.5 Å². The summed E-state index contributed by atoms with van der Waals surface area (Å²) in [5.74, 6) is -1.98. The summed E-state index contributed by atoms with van der Waals surface area (Å²) in [5, 5.41) is 11.3. The maximum Gasteiger partial charge on any atom is 0.311 e. The minimum Gasteiger partial charge on any atom is -0.481 e.